The van der Waals surface area contributed by atoms with Crippen LogP contribution in [0.15, 0.2) is 18.6 Å². The maximum atomic E-state index is 10.9. The molecule has 1 aliphatic heterocycles. The third kappa shape index (κ3) is 2.23. The summed E-state index contributed by atoms with van der Waals surface area (Å²) in [7, 11) is 0. The molecule has 2 rings (SSSR count). The SMILES string of the molecule is O=C(O)[C@@H]1CCCN(c2cnccn2)C1. The van der Waals surface area contributed by atoms with Crippen molar-refractivity contribution in [2.24, 2.45) is 5.92 Å². The van der Waals surface area contributed by atoms with Crippen LogP contribution in [0.25, 0.3) is 0 Å². The Morgan fingerprint density at radius 2 is 2.40 bits per heavy atom. The number of piperidine rings is 1. The van der Waals surface area contributed by atoms with Gasteiger partial charge in [0.15, 0.2) is 0 Å². The molecule has 0 amide bonds. The van der Waals surface area contributed by atoms with E-state index in [0.717, 1.165) is 25.2 Å². The fourth-order valence-electron chi connectivity index (χ4n) is 1.84. The Bertz CT molecular complexity index is 342. The molecule has 1 aliphatic rings. The van der Waals surface area contributed by atoms with Gasteiger partial charge in [0, 0.05) is 25.5 Å². The van der Waals surface area contributed by atoms with Gasteiger partial charge in [-0.2, -0.15) is 0 Å². The number of nitrogens with zero attached hydrogens (tertiary/aromatic N) is 3. The first-order valence-corrected chi connectivity index (χ1v) is 5.01. The lowest BCUT2D eigenvalue weighted by molar-refractivity contribution is -0.141. The maximum absolute atomic E-state index is 10.9. The molecule has 5 heteroatoms. The topological polar surface area (TPSA) is 66.3 Å². The molecular weight excluding hydrogens is 194 g/mol. The minimum absolute atomic E-state index is 0.277. The highest BCUT2D eigenvalue weighted by molar-refractivity contribution is 5.71. The second-order valence-electron chi connectivity index (χ2n) is 3.69. The molecule has 5 nitrogen and oxygen atoms in total. The van der Waals surface area contributed by atoms with Gasteiger partial charge < -0.3 is 10.0 Å². The van der Waals surface area contributed by atoms with Gasteiger partial charge in [-0.25, -0.2) is 4.98 Å². The van der Waals surface area contributed by atoms with E-state index in [4.69, 9.17) is 5.11 Å². The van der Waals surface area contributed by atoms with Crippen LogP contribution in [0.2, 0.25) is 0 Å². The van der Waals surface area contributed by atoms with Crippen LogP contribution < -0.4 is 4.90 Å². The lowest BCUT2D eigenvalue weighted by Gasteiger charge is -2.31. The lowest BCUT2D eigenvalue weighted by Crippen LogP contribution is -2.39. The fraction of sp³-hybridized carbons (Fsp3) is 0.500. The molecule has 1 atom stereocenters. The van der Waals surface area contributed by atoms with Gasteiger partial charge >= 0.3 is 5.97 Å². The Balaban J connectivity index is 2.08. The molecule has 0 aromatic carbocycles. The number of hydrogen-bond donors (Lipinski definition) is 1. The molecule has 1 N–H and O–H groups in total. The van der Waals surface area contributed by atoms with E-state index >= 15 is 0 Å². The van der Waals surface area contributed by atoms with E-state index < -0.39 is 5.97 Å². The first kappa shape index (κ1) is 9.89. The van der Waals surface area contributed by atoms with E-state index in [-0.39, 0.29) is 5.92 Å². The minimum Gasteiger partial charge on any atom is -0.481 e. The molecular formula is C10H13N3O2. The number of aliphatic carboxylic acids is 1. The number of carbonyl (C=O) groups is 1. The molecule has 1 fully saturated rings. The van der Waals surface area contributed by atoms with Crippen LogP contribution in [0, 0.1) is 5.92 Å². The van der Waals surface area contributed by atoms with Crippen LogP contribution in [0.4, 0.5) is 5.82 Å². The molecule has 0 aliphatic carbocycles. The van der Waals surface area contributed by atoms with Crippen molar-refractivity contribution in [3.63, 3.8) is 0 Å². The van der Waals surface area contributed by atoms with E-state index in [0.29, 0.717) is 6.54 Å². The van der Waals surface area contributed by atoms with Crippen LogP contribution in [0.3, 0.4) is 0 Å². The summed E-state index contributed by atoms with van der Waals surface area (Å²) in [4.78, 5) is 21.0. The number of hydrogen-bond acceptors (Lipinski definition) is 4. The van der Waals surface area contributed by atoms with E-state index in [1.807, 2.05) is 4.90 Å². The van der Waals surface area contributed by atoms with Gasteiger partial charge in [0.1, 0.15) is 5.82 Å². The zero-order chi connectivity index (χ0) is 10.7. The van der Waals surface area contributed by atoms with Gasteiger partial charge in [-0.05, 0) is 12.8 Å². The summed E-state index contributed by atoms with van der Waals surface area (Å²) in [5.74, 6) is -0.229. The van der Waals surface area contributed by atoms with E-state index in [1.54, 1.807) is 18.6 Å². The molecule has 1 aromatic rings. The van der Waals surface area contributed by atoms with Crippen molar-refractivity contribution in [2.45, 2.75) is 12.8 Å². The fourth-order valence-corrected chi connectivity index (χ4v) is 1.84. The van der Waals surface area contributed by atoms with Gasteiger partial charge in [0.25, 0.3) is 0 Å². The maximum Gasteiger partial charge on any atom is 0.308 e. The largest absolute Gasteiger partial charge is 0.481 e. The van der Waals surface area contributed by atoms with Crippen molar-refractivity contribution in [1.29, 1.82) is 0 Å². The average Bonchev–Trinajstić information content (AvgIpc) is 2.30. The summed E-state index contributed by atoms with van der Waals surface area (Å²) < 4.78 is 0. The third-order valence-electron chi connectivity index (χ3n) is 2.64. The second-order valence-corrected chi connectivity index (χ2v) is 3.69. The predicted octanol–water partition coefficient (Wildman–Crippen LogP) is 0.778. The van der Waals surface area contributed by atoms with Crippen molar-refractivity contribution in [1.82, 2.24) is 9.97 Å². The molecule has 80 valence electrons. The van der Waals surface area contributed by atoms with Gasteiger partial charge in [-0.3, -0.25) is 9.78 Å². The summed E-state index contributed by atoms with van der Waals surface area (Å²) in [6.45, 7) is 1.40. The van der Waals surface area contributed by atoms with E-state index in [1.165, 1.54) is 0 Å². The number of aromatic nitrogens is 2. The standard InChI is InChI=1S/C10H13N3O2/c14-10(15)8-2-1-5-13(7-8)9-6-11-3-4-12-9/h3-4,6,8H,1-2,5,7H2,(H,14,15)/t8-/m1/s1. The van der Waals surface area contributed by atoms with Crippen molar-refractivity contribution in [3.8, 4) is 0 Å². The molecule has 0 radical (unpaired) electrons. The van der Waals surface area contributed by atoms with Crippen LogP contribution in [-0.2, 0) is 4.79 Å². The quantitative estimate of drug-likeness (QED) is 0.776. The number of rotatable bonds is 2. The minimum atomic E-state index is -0.719. The normalized spacial score (nSPS) is 21.3. The lowest BCUT2D eigenvalue weighted by atomic mass is 9.98. The van der Waals surface area contributed by atoms with Crippen molar-refractivity contribution in [2.75, 3.05) is 18.0 Å². The first-order valence-electron chi connectivity index (χ1n) is 5.01. The monoisotopic (exact) mass is 207 g/mol. The Labute approximate surface area is 87.8 Å². The summed E-state index contributed by atoms with van der Waals surface area (Å²) in [6.07, 6.45) is 6.56. The highest BCUT2D eigenvalue weighted by Gasteiger charge is 2.25. The first-order chi connectivity index (χ1) is 7.27. The third-order valence-corrected chi connectivity index (χ3v) is 2.64. The highest BCUT2D eigenvalue weighted by Crippen LogP contribution is 2.20. The Morgan fingerprint density at radius 3 is 3.07 bits per heavy atom. The molecule has 0 spiro atoms. The van der Waals surface area contributed by atoms with Crippen molar-refractivity contribution < 1.29 is 9.90 Å². The molecule has 1 saturated heterocycles. The Hall–Kier alpha value is -1.65. The molecule has 15 heavy (non-hydrogen) atoms. The van der Waals surface area contributed by atoms with E-state index in [9.17, 15) is 4.79 Å². The molecule has 2 heterocycles. The summed E-state index contributed by atoms with van der Waals surface area (Å²) in [5, 5.41) is 8.94. The molecule has 0 unspecified atom stereocenters. The van der Waals surface area contributed by atoms with Crippen molar-refractivity contribution >= 4 is 11.8 Å². The summed E-state index contributed by atoms with van der Waals surface area (Å²) >= 11 is 0. The number of carboxylic acids is 1. The number of anilines is 1. The Morgan fingerprint density at radius 1 is 1.53 bits per heavy atom. The van der Waals surface area contributed by atoms with Crippen LogP contribution in [0.1, 0.15) is 12.8 Å². The van der Waals surface area contributed by atoms with E-state index in [2.05, 4.69) is 9.97 Å². The van der Waals surface area contributed by atoms with Gasteiger partial charge in [0.2, 0.25) is 0 Å². The summed E-state index contributed by atoms with van der Waals surface area (Å²) in [6, 6.07) is 0. The summed E-state index contributed by atoms with van der Waals surface area (Å²) in [5.41, 5.74) is 0. The van der Waals surface area contributed by atoms with Gasteiger partial charge in [-0.15, -0.1) is 0 Å². The average molecular weight is 207 g/mol. The highest BCUT2D eigenvalue weighted by atomic mass is 16.4. The zero-order valence-electron chi connectivity index (χ0n) is 8.33. The van der Waals surface area contributed by atoms with Gasteiger partial charge in [0.05, 0.1) is 12.1 Å². The van der Waals surface area contributed by atoms with Gasteiger partial charge in [-0.1, -0.05) is 0 Å². The van der Waals surface area contributed by atoms with Crippen LogP contribution in [0.5, 0.6) is 0 Å². The zero-order valence-corrected chi connectivity index (χ0v) is 8.33. The predicted molar refractivity (Wildman–Crippen MR) is 54.6 cm³/mol. The van der Waals surface area contributed by atoms with Crippen molar-refractivity contribution in [3.05, 3.63) is 18.6 Å². The Kier molecular flexibility index (Phi) is 2.80. The molecule has 0 bridgehead atoms. The molecule has 0 saturated carbocycles. The number of carboxylic acid groups (broad SMARTS) is 1. The van der Waals surface area contributed by atoms with Crippen LogP contribution >= 0.6 is 0 Å². The molecule has 1 aromatic heterocycles. The van der Waals surface area contributed by atoms with Crippen LogP contribution in [-0.4, -0.2) is 34.1 Å². The second kappa shape index (κ2) is 4.25. The smallest absolute Gasteiger partial charge is 0.308 e.